The molecule has 0 radical (unpaired) electrons. The maximum atomic E-state index is 13.4. The summed E-state index contributed by atoms with van der Waals surface area (Å²) in [6.07, 6.45) is -3.13. The molecule has 0 heterocycles. The topological polar surface area (TPSA) is 76.0 Å². The first-order valence-electron chi connectivity index (χ1n) is 6.43. The summed E-state index contributed by atoms with van der Waals surface area (Å²) in [7, 11) is 0. The zero-order valence-electron chi connectivity index (χ0n) is 11.5. The van der Waals surface area contributed by atoms with E-state index in [0.717, 1.165) is 6.07 Å². The normalized spacial score (nSPS) is 13.7. The molecule has 0 fully saturated rings. The lowest BCUT2D eigenvalue weighted by Crippen LogP contribution is -2.23. The first-order chi connectivity index (χ1) is 9.47. The fourth-order valence-corrected chi connectivity index (χ4v) is 1.73. The van der Waals surface area contributed by atoms with Crippen LogP contribution < -0.4 is 4.74 Å². The van der Waals surface area contributed by atoms with E-state index in [2.05, 4.69) is 4.74 Å². The van der Waals surface area contributed by atoms with Gasteiger partial charge in [0.1, 0.15) is 17.7 Å². The Bertz CT molecular complexity index is 449. The van der Waals surface area contributed by atoms with Crippen LogP contribution >= 0.6 is 0 Å². The molecule has 0 aliphatic heterocycles. The Morgan fingerprint density at radius 3 is 2.55 bits per heavy atom. The quantitative estimate of drug-likeness (QED) is 0.744. The smallest absolute Gasteiger partial charge is 0.308 e. The van der Waals surface area contributed by atoms with Gasteiger partial charge in [-0.05, 0) is 31.5 Å². The monoisotopic (exact) mass is 286 g/mol. The summed E-state index contributed by atoms with van der Waals surface area (Å²) in [4.78, 5) is 11.2. The molecule has 0 bridgehead atoms. The highest BCUT2D eigenvalue weighted by atomic mass is 19.1. The van der Waals surface area contributed by atoms with Gasteiger partial charge in [-0.25, -0.2) is 4.39 Å². The summed E-state index contributed by atoms with van der Waals surface area (Å²) in [6.45, 7) is 3.93. The van der Waals surface area contributed by atoms with Gasteiger partial charge in [0.05, 0.1) is 25.7 Å². The van der Waals surface area contributed by atoms with E-state index in [1.807, 2.05) is 0 Å². The van der Waals surface area contributed by atoms with E-state index < -0.39 is 24.0 Å². The Morgan fingerprint density at radius 1 is 1.25 bits per heavy atom. The van der Waals surface area contributed by atoms with Gasteiger partial charge in [0.25, 0.3) is 0 Å². The number of carbonyl (C=O) groups excluding carboxylic acids is 1. The molecule has 112 valence electrons. The number of carbonyl (C=O) groups is 1. The van der Waals surface area contributed by atoms with Crippen LogP contribution in [0.25, 0.3) is 0 Å². The van der Waals surface area contributed by atoms with E-state index in [1.54, 1.807) is 13.8 Å². The minimum absolute atomic E-state index is 0.144. The summed E-state index contributed by atoms with van der Waals surface area (Å²) in [6, 6.07) is 3.69. The van der Waals surface area contributed by atoms with Crippen LogP contribution in [-0.2, 0) is 9.53 Å². The third kappa shape index (κ3) is 4.79. The van der Waals surface area contributed by atoms with Gasteiger partial charge in [0.2, 0.25) is 0 Å². The average molecular weight is 286 g/mol. The van der Waals surface area contributed by atoms with E-state index in [1.165, 1.54) is 12.1 Å². The van der Waals surface area contributed by atoms with Gasteiger partial charge in [-0.15, -0.1) is 0 Å². The molecule has 0 aliphatic carbocycles. The second kappa shape index (κ2) is 7.81. The summed E-state index contributed by atoms with van der Waals surface area (Å²) < 4.78 is 23.2. The zero-order chi connectivity index (χ0) is 15.1. The number of benzene rings is 1. The number of rotatable bonds is 7. The largest absolute Gasteiger partial charge is 0.494 e. The van der Waals surface area contributed by atoms with Gasteiger partial charge in [0.15, 0.2) is 0 Å². The first-order valence-corrected chi connectivity index (χ1v) is 6.43. The second-order valence-corrected chi connectivity index (χ2v) is 4.17. The van der Waals surface area contributed by atoms with Crippen molar-refractivity contribution in [1.82, 2.24) is 0 Å². The number of hydrogen-bond donors (Lipinski definition) is 2. The SMILES string of the molecule is CCOC(=O)CC(O)C(O)c1cc(F)cc(OCC)c1. The highest BCUT2D eigenvalue weighted by molar-refractivity contribution is 5.70. The molecule has 2 unspecified atom stereocenters. The van der Waals surface area contributed by atoms with Gasteiger partial charge in [-0.1, -0.05) is 0 Å². The van der Waals surface area contributed by atoms with Crippen LogP contribution in [0.5, 0.6) is 5.75 Å². The Hall–Kier alpha value is -1.66. The van der Waals surface area contributed by atoms with Crippen molar-refractivity contribution in [2.75, 3.05) is 13.2 Å². The van der Waals surface area contributed by atoms with Crippen molar-refractivity contribution in [3.63, 3.8) is 0 Å². The van der Waals surface area contributed by atoms with Crippen LogP contribution in [0.15, 0.2) is 18.2 Å². The van der Waals surface area contributed by atoms with Gasteiger partial charge in [0, 0.05) is 6.07 Å². The Balaban J connectivity index is 2.79. The van der Waals surface area contributed by atoms with Gasteiger partial charge < -0.3 is 19.7 Å². The molecule has 0 aliphatic rings. The summed E-state index contributed by atoms with van der Waals surface area (Å²) >= 11 is 0. The number of aliphatic hydroxyl groups is 2. The summed E-state index contributed by atoms with van der Waals surface area (Å²) in [5.41, 5.74) is 0.144. The van der Waals surface area contributed by atoms with Crippen LogP contribution in [0.1, 0.15) is 31.9 Å². The number of halogens is 1. The lowest BCUT2D eigenvalue weighted by atomic mass is 10.0. The number of hydrogen-bond acceptors (Lipinski definition) is 5. The molecular weight excluding hydrogens is 267 g/mol. The molecule has 2 N–H and O–H groups in total. The van der Waals surface area contributed by atoms with E-state index in [9.17, 15) is 19.4 Å². The molecule has 0 saturated heterocycles. The first kappa shape index (κ1) is 16.4. The molecule has 5 nitrogen and oxygen atoms in total. The predicted octanol–water partition coefficient (Wildman–Crippen LogP) is 1.57. The summed E-state index contributed by atoms with van der Waals surface area (Å²) in [5.74, 6) is -0.960. The molecule has 1 aromatic rings. The van der Waals surface area contributed by atoms with Crippen molar-refractivity contribution in [2.24, 2.45) is 0 Å². The van der Waals surface area contributed by atoms with Crippen LogP contribution in [0.3, 0.4) is 0 Å². The van der Waals surface area contributed by atoms with E-state index >= 15 is 0 Å². The van der Waals surface area contributed by atoms with Gasteiger partial charge in [-0.2, -0.15) is 0 Å². The number of esters is 1. The molecule has 1 aromatic carbocycles. The van der Waals surface area contributed by atoms with Crippen LogP contribution in [0.2, 0.25) is 0 Å². The third-order valence-electron chi connectivity index (χ3n) is 2.59. The fraction of sp³-hybridized carbons (Fsp3) is 0.500. The predicted molar refractivity (Wildman–Crippen MR) is 69.8 cm³/mol. The van der Waals surface area contributed by atoms with E-state index in [0.29, 0.717) is 6.61 Å². The van der Waals surface area contributed by atoms with Gasteiger partial charge in [-0.3, -0.25) is 4.79 Å². The van der Waals surface area contributed by atoms with E-state index in [4.69, 9.17) is 4.74 Å². The Kier molecular flexibility index (Phi) is 6.41. The fourth-order valence-electron chi connectivity index (χ4n) is 1.73. The zero-order valence-corrected chi connectivity index (χ0v) is 11.5. The average Bonchev–Trinajstić information content (AvgIpc) is 2.37. The van der Waals surface area contributed by atoms with Crippen LogP contribution in [0.4, 0.5) is 4.39 Å². The molecule has 2 atom stereocenters. The number of ether oxygens (including phenoxy) is 2. The molecular formula is C14H19FO5. The van der Waals surface area contributed by atoms with Crippen LogP contribution in [0, 0.1) is 5.82 Å². The molecule has 0 saturated carbocycles. The second-order valence-electron chi connectivity index (χ2n) is 4.17. The van der Waals surface area contributed by atoms with E-state index in [-0.39, 0.29) is 24.3 Å². The lowest BCUT2D eigenvalue weighted by molar-refractivity contribution is -0.147. The summed E-state index contributed by atoms with van der Waals surface area (Å²) in [5, 5.41) is 19.7. The van der Waals surface area contributed by atoms with Crippen molar-refractivity contribution >= 4 is 5.97 Å². The molecule has 0 spiro atoms. The van der Waals surface area contributed by atoms with Crippen molar-refractivity contribution in [3.8, 4) is 5.75 Å². The van der Waals surface area contributed by atoms with Crippen molar-refractivity contribution in [1.29, 1.82) is 0 Å². The Labute approximate surface area is 116 Å². The highest BCUT2D eigenvalue weighted by Gasteiger charge is 2.23. The minimum Gasteiger partial charge on any atom is -0.494 e. The van der Waals surface area contributed by atoms with Crippen molar-refractivity contribution in [2.45, 2.75) is 32.5 Å². The van der Waals surface area contributed by atoms with Gasteiger partial charge >= 0.3 is 5.97 Å². The maximum absolute atomic E-state index is 13.4. The molecule has 0 aromatic heterocycles. The molecule has 1 rings (SSSR count). The third-order valence-corrected chi connectivity index (χ3v) is 2.59. The lowest BCUT2D eigenvalue weighted by Gasteiger charge is -2.18. The standard InChI is InChI=1S/C14H19FO5/c1-3-19-11-6-9(5-10(15)7-11)14(18)12(16)8-13(17)20-4-2/h5-7,12,14,16,18H,3-4,8H2,1-2H3. The maximum Gasteiger partial charge on any atom is 0.308 e. The number of aliphatic hydroxyl groups excluding tert-OH is 2. The minimum atomic E-state index is -1.39. The molecule has 0 amide bonds. The molecule has 6 heteroatoms. The Morgan fingerprint density at radius 2 is 1.95 bits per heavy atom. The highest BCUT2D eigenvalue weighted by Crippen LogP contribution is 2.25. The molecule has 20 heavy (non-hydrogen) atoms. The van der Waals surface area contributed by atoms with Crippen molar-refractivity contribution < 1.29 is 28.9 Å². The van der Waals surface area contributed by atoms with Crippen LogP contribution in [-0.4, -0.2) is 35.5 Å². The van der Waals surface area contributed by atoms with Crippen molar-refractivity contribution in [3.05, 3.63) is 29.6 Å².